The lowest BCUT2D eigenvalue weighted by Gasteiger charge is -2.42. The van der Waals surface area contributed by atoms with Crippen molar-refractivity contribution in [3.63, 3.8) is 0 Å². The van der Waals surface area contributed by atoms with E-state index >= 15 is 0 Å². The predicted octanol–water partition coefficient (Wildman–Crippen LogP) is 7.61. The molecule has 1 aliphatic heterocycles. The lowest BCUT2D eigenvalue weighted by Crippen LogP contribution is -2.53. The smallest absolute Gasteiger partial charge is 0.319 e. The van der Waals surface area contributed by atoms with Gasteiger partial charge in [-0.2, -0.15) is 0 Å². The molecule has 0 bridgehead atoms. The van der Waals surface area contributed by atoms with E-state index in [1.807, 2.05) is 30.3 Å². The quantitative estimate of drug-likeness (QED) is 0.0839. The number of hydrogen-bond acceptors (Lipinski definition) is 4. The summed E-state index contributed by atoms with van der Waals surface area (Å²) in [5.74, 6) is -2.81. The standard InChI is InChI=1S/C33H53NO5/c1-3-5-7-9-10-11-12-13-17-21-27(25-29-28(30(35)39-29)22-18-8-6-4-2)33(31(34)36,32(37)38)24-23-26-19-15-14-16-20-26/h14-16,19-20,27-29H,3-13,17-18,21-25H2,1-2H3,(H2,34,36)(H,37,38)/t27-,28-,29-,33?/m0/s1. The molecule has 39 heavy (non-hydrogen) atoms. The van der Waals surface area contributed by atoms with E-state index < -0.39 is 23.2 Å². The van der Waals surface area contributed by atoms with Crippen molar-refractivity contribution in [3.05, 3.63) is 35.9 Å². The number of carbonyl (C=O) groups is 3. The van der Waals surface area contributed by atoms with Gasteiger partial charge in [0.25, 0.3) is 0 Å². The van der Waals surface area contributed by atoms with E-state index in [-0.39, 0.29) is 24.4 Å². The van der Waals surface area contributed by atoms with Crippen molar-refractivity contribution in [1.82, 2.24) is 0 Å². The van der Waals surface area contributed by atoms with Crippen molar-refractivity contribution in [1.29, 1.82) is 0 Å². The Morgan fingerprint density at radius 1 is 0.897 bits per heavy atom. The first-order valence-electron chi connectivity index (χ1n) is 15.6. The molecule has 2 rings (SSSR count). The molecule has 1 aromatic carbocycles. The molecule has 1 aromatic rings. The van der Waals surface area contributed by atoms with Crippen LogP contribution in [0.2, 0.25) is 0 Å². The van der Waals surface area contributed by atoms with Crippen LogP contribution in [-0.4, -0.2) is 29.1 Å². The third-order valence-corrected chi connectivity index (χ3v) is 8.73. The molecule has 0 aliphatic carbocycles. The first-order chi connectivity index (χ1) is 18.9. The first-order valence-corrected chi connectivity index (χ1v) is 15.6. The lowest BCUT2D eigenvalue weighted by atomic mass is 9.65. The van der Waals surface area contributed by atoms with Crippen LogP contribution in [0, 0.1) is 17.3 Å². The molecular weight excluding hydrogens is 490 g/mol. The molecule has 6 nitrogen and oxygen atoms in total. The molecule has 0 aromatic heterocycles. The summed E-state index contributed by atoms with van der Waals surface area (Å²) in [6.07, 6.45) is 16.8. The molecule has 1 saturated heterocycles. The fourth-order valence-electron chi connectivity index (χ4n) is 6.15. The highest BCUT2D eigenvalue weighted by molar-refractivity contribution is 6.01. The Balaban J connectivity index is 2.11. The number of aryl methyl sites for hydroxylation is 1. The van der Waals surface area contributed by atoms with Crippen LogP contribution in [0.1, 0.15) is 129 Å². The number of unbranched alkanes of at least 4 members (excludes halogenated alkanes) is 11. The van der Waals surface area contributed by atoms with Crippen LogP contribution in [0.5, 0.6) is 0 Å². The molecule has 0 radical (unpaired) electrons. The zero-order chi connectivity index (χ0) is 28.5. The van der Waals surface area contributed by atoms with E-state index in [4.69, 9.17) is 10.5 Å². The van der Waals surface area contributed by atoms with E-state index in [2.05, 4.69) is 13.8 Å². The van der Waals surface area contributed by atoms with E-state index in [0.29, 0.717) is 19.3 Å². The predicted molar refractivity (Wildman–Crippen MR) is 156 cm³/mol. The number of ether oxygens (including phenoxy) is 1. The maximum Gasteiger partial charge on any atom is 0.319 e. The van der Waals surface area contributed by atoms with Crippen LogP contribution in [0.3, 0.4) is 0 Å². The average Bonchev–Trinajstić information content (AvgIpc) is 2.91. The Morgan fingerprint density at radius 3 is 2.00 bits per heavy atom. The molecule has 6 heteroatoms. The van der Waals surface area contributed by atoms with Gasteiger partial charge < -0.3 is 15.6 Å². The summed E-state index contributed by atoms with van der Waals surface area (Å²) >= 11 is 0. The highest BCUT2D eigenvalue weighted by Gasteiger charge is 2.53. The van der Waals surface area contributed by atoms with Gasteiger partial charge >= 0.3 is 11.9 Å². The third kappa shape index (κ3) is 10.3. The van der Waals surface area contributed by atoms with Crippen molar-refractivity contribution in [3.8, 4) is 0 Å². The van der Waals surface area contributed by atoms with Gasteiger partial charge in [0.05, 0.1) is 5.92 Å². The summed E-state index contributed by atoms with van der Waals surface area (Å²) in [6, 6.07) is 9.64. The number of rotatable bonds is 23. The SMILES string of the molecule is CCCCCCCCCCC[C@@H](C[C@@H]1OC(=O)[C@H]1CCCCCC)C(CCc1ccccc1)(C(N)=O)C(=O)O. The maximum atomic E-state index is 13.0. The van der Waals surface area contributed by atoms with Gasteiger partial charge in [0.1, 0.15) is 11.5 Å². The van der Waals surface area contributed by atoms with Crippen LogP contribution >= 0.6 is 0 Å². The number of benzene rings is 1. The van der Waals surface area contributed by atoms with E-state index in [9.17, 15) is 19.5 Å². The molecule has 220 valence electrons. The summed E-state index contributed by atoms with van der Waals surface area (Å²) in [5.41, 5.74) is 5.22. The lowest BCUT2D eigenvalue weighted by molar-refractivity contribution is -0.189. The monoisotopic (exact) mass is 543 g/mol. The number of primary amides is 1. The third-order valence-electron chi connectivity index (χ3n) is 8.73. The highest BCUT2D eigenvalue weighted by Crippen LogP contribution is 2.43. The Labute approximate surface area is 236 Å². The second-order valence-corrected chi connectivity index (χ2v) is 11.6. The average molecular weight is 544 g/mol. The van der Waals surface area contributed by atoms with Crippen LogP contribution in [0.25, 0.3) is 0 Å². The zero-order valence-corrected chi connectivity index (χ0v) is 24.5. The van der Waals surface area contributed by atoms with Crippen molar-refractivity contribution >= 4 is 17.8 Å². The van der Waals surface area contributed by atoms with Gasteiger partial charge in [0.15, 0.2) is 0 Å². The molecular formula is C33H53NO5. The summed E-state index contributed by atoms with van der Waals surface area (Å²) in [5, 5.41) is 10.5. The first kappa shape index (κ1) is 32.8. The van der Waals surface area contributed by atoms with Gasteiger partial charge in [0.2, 0.25) is 5.91 Å². The van der Waals surface area contributed by atoms with Crippen molar-refractivity contribution in [2.24, 2.45) is 23.0 Å². The molecule has 0 saturated carbocycles. The van der Waals surface area contributed by atoms with Gasteiger partial charge in [0, 0.05) is 0 Å². The van der Waals surface area contributed by atoms with Crippen LogP contribution < -0.4 is 5.73 Å². The minimum atomic E-state index is -1.69. The summed E-state index contributed by atoms with van der Waals surface area (Å²) in [4.78, 5) is 38.2. The van der Waals surface area contributed by atoms with Crippen LogP contribution in [0.15, 0.2) is 30.3 Å². The minimum absolute atomic E-state index is 0.144. The Hall–Kier alpha value is -2.37. The second-order valence-electron chi connectivity index (χ2n) is 11.6. The van der Waals surface area contributed by atoms with Gasteiger partial charge in [-0.05, 0) is 43.6 Å². The zero-order valence-electron chi connectivity index (χ0n) is 24.5. The van der Waals surface area contributed by atoms with E-state index in [1.165, 1.54) is 38.5 Å². The van der Waals surface area contributed by atoms with Crippen molar-refractivity contribution in [2.45, 2.75) is 136 Å². The van der Waals surface area contributed by atoms with E-state index in [0.717, 1.165) is 56.9 Å². The second kappa shape index (κ2) is 18.1. The summed E-state index contributed by atoms with van der Waals surface area (Å²) in [7, 11) is 0. The molecule has 1 amide bonds. The van der Waals surface area contributed by atoms with Gasteiger partial charge in [-0.3, -0.25) is 14.4 Å². The number of amides is 1. The largest absolute Gasteiger partial charge is 0.480 e. The number of carboxylic acid groups (broad SMARTS) is 1. The van der Waals surface area contributed by atoms with Crippen molar-refractivity contribution < 1.29 is 24.2 Å². The number of cyclic esters (lactones) is 1. The number of nitrogens with two attached hydrogens (primary N) is 1. The normalized spacial score (nSPS) is 19.1. The summed E-state index contributed by atoms with van der Waals surface area (Å²) in [6.45, 7) is 4.38. The molecule has 1 fully saturated rings. The number of esters is 1. The van der Waals surface area contributed by atoms with E-state index in [1.54, 1.807) is 0 Å². The van der Waals surface area contributed by atoms with Gasteiger partial charge in [-0.25, -0.2) is 0 Å². The Morgan fingerprint density at radius 2 is 1.46 bits per heavy atom. The molecule has 3 N–H and O–H groups in total. The number of carbonyl (C=O) groups excluding carboxylic acids is 2. The highest BCUT2D eigenvalue weighted by atomic mass is 16.6. The Kier molecular flexibility index (Phi) is 15.2. The summed E-state index contributed by atoms with van der Waals surface area (Å²) < 4.78 is 5.56. The van der Waals surface area contributed by atoms with Crippen LogP contribution in [-0.2, 0) is 25.5 Å². The fraction of sp³-hybridized carbons (Fsp3) is 0.727. The van der Waals surface area contributed by atoms with Crippen LogP contribution in [0.4, 0.5) is 0 Å². The fourth-order valence-corrected chi connectivity index (χ4v) is 6.15. The molecule has 1 unspecified atom stereocenters. The number of carboxylic acids is 1. The Bertz CT molecular complexity index is 841. The topological polar surface area (TPSA) is 107 Å². The number of aliphatic carboxylic acids is 1. The molecule has 0 spiro atoms. The van der Waals surface area contributed by atoms with Crippen molar-refractivity contribution in [2.75, 3.05) is 0 Å². The molecule has 1 heterocycles. The maximum absolute atomic E-state index is 13.0. The minimum Gasteiger partial charge on any atom is -0.480 e. The molecule has 1 aliphatic rings. The van der Waals surface area contributed by atoms with Gasteiger partial charge in [-0.15, -0.1) is 0 Å². The molecule has 4 atom stereocenters. The number of hydrogen-bond donors (Lipinski definition) is 2. The van der Waals surface area contributed by atoms with Gasteiger partial charge in [-0.1, -0.05) is 128 Å².